The van der Waals surface area contributed by atoms with Gasteiger partial charge in [-0.2, -0.15) is 0 Å². The van der Waals surface area contributed by atoms with Crippen LogP contribution in [0.3, 0.4) is 0 Å². The van der Waals surface area contributed by atoms with E-state index in [0.717, 1.165) is 6.42 Å². The van der Waals surface area contributed by atoms with Crippen molar-refractivity contribution >= 4 is 17.2 Å². The van der Waals surface area contributed by atoms with Crippen LogP contribution in [-0.4, -0.2) is 22.3 Å². The van der Waals surface area contributed by atoms with Crippen molar-refractivity contribution in [3.8, 4) is 11.5 Å². The molecule has 1 aliphatic rings. The summed E-state index contributed by atoms with van der Waals surface area (Å²) in [5.74, 6) is 0.340. The first kappa shape index (κ1) is 15.0. The van der Waals surface area contributed by atoms with Gasteiger partial charge >= 0.3 is 0 Å². The van der Waals surface area contributed by atoms with Crippen LogP contribution in [0, 0.1) is 0 Å². The molecule has 6 heteroatoms. The van der Waals surface area contributed by atoms with Crippen molar-refractivity contribution in [1.29, 1.82) is 0 Å². The molecule has 4 rings (SSSR count). The molecule has 3 aromatic heterocycles. The average molecular weight is 340 g/mol. The van der Waals surface area contributed by atoms with Crippen molar-refractivity contribution in [2.45, 2.75) is 19.4 Å². The number of H-pyrrole nitrogens is 1. The molecule has 1 N–H and O–H groups in total. The summed E-state index contributed by atoms with van der Waals surface area (Å²) in [6.07, 6.45) is 2.38. The molecule has 0 saturated carbocycles. The number of furan rings is 1. The van der Waals surface area contributed by atoms with Crippen molar-refractivity contribution in [1.82, 2.24) is 9.88 Å². The number of carbonyl (C=O) groups excluding carboxylic acids is 1. The predicted octanol–water partition coefficient (Wildman–Crippen LogP) is 3.46. The zero-order valence-electron chi connectivity index (χ0n) is 13.1. The second kappa shape index (κ2) is 5.79. The van der Waals surface area contributed by atoms with Crippen molar-refractivity contribution < 1.29 is 9.21 Å². The van der Waals surface area contributed by atoms with Crippen molar-refractivity contribution in [2.75, 3.05) is 6.54 Å². The van der Waals surface area contributed by atoms with Crippen LogP contribution in [0.5, 0.6) is 0 Å². The molecular formula is C18H16N2O3S. The van der Waals surface area contributed by atoms with Gasteiger partial charge in [0.1, 0.15) is 11.3 Å². The lowest BCUT2D eigenvalue weighted by Crippen LogP contribution is -2.40. The van der Waals surface area contributed by atoms with E-state index in [-0.39, 0.29) is 17.5 Å². The third-order valence-corrected chi connectivity index (χ3v) is 5.46. The van der Waals surface area contributed by atoms with E-state index < -0.39 is 5.56 Å². The number of nitrogens with one attached hydrogen (secondary N) is 1. The van der Waals surface area contributed by atoms with Crippen LogP contribution in [-0.2, 0) is 6.42 Å². The van der Waals surface area contributed by atoms with Gasteiger partial charge in [-0.25, -0.2) is 0 Å². The Hall–Kier alpha value is -2.60. The first-order valence-corrected chi connectivity index (χ1v) is 8.67. The van der Waals surface area contributed by atoms with Crippen LogP contribution >= 0.6 is 11.3 Å². The lowest BCUT2D eigenvalue weighted by molar-refractivity contribution is 0.0677. The fourth-order valence-electron chi connectivity index (χ4n) is 3.16. The monoisotopic (exact) mass is 340 g/mol. The smallest absolute Gasteiger partial charge is 0.261 e. The van der Waals surface area contributed by atoms with E-state index in [1.54, 1.807) is 46.8 Å². The second-order valence-corrected chi connectivity index (χ2v) is 6.82. The Kier molecular flexibility index (Phi) is 3.61. The number of nitrogens with zero attached hydrogens (tertiary/aromatic N) is 1. The molecule has 0 radical (unpaired) electrons. The van der Waals surface area contributed by atoms with Gasteiger partial charge in [0.25, 0.3) is 11.5 Å². The maximum absolute atomic E-state index is 12.8. The second-order valence-electron chi connectivity index (χ2n) is 5.82. The average Bonchev–Trinajstić information content (AvgIpc) is 3.26. The molecule has 4 heterocycles. The van der Waals surface area contributed by atoms with Crippen LogP contribution in [0.1, 0.15) is 33.8 Å². The summed E-state index contributed by atoms with van der Waals surface area (Å²) in [6.45, 7) is 2.64. The van der Waals surface area contributed by atoms with Gasteiger partial charge in [-0.3, -0.25) is 9.59 Å². The van der Waals surface area contributed by atoms with Gasteiger partial charge in [-0.15, -0.1) is 11.3 Å². The first-order valence-electron chi connectivity index (χ1n) is 7.79. The molecule has 1 amide bonds. The number of pyridine rings is 1. The Balaban J connectivity index is 1.65. The van der Waals surface area contributed by atoms with Crippen LogP contribution in [0.2, 0.25) is 0 Å². The Morgan fingerprint density at radius 1 is 1.33 bits per heavy atom. The Bertz CT molecular complexity index is 939. The normalized spacial score (nSPS) is 16.9. The molecule has 1 unspecified atom stereocenters. The van der Waals surface area contributed by atoms with Crippen LogP contribution in [0.4, 0.5) is 0 Å². The number of amides is 1. The first-order chi connectivity index (χ1) is 11.6. The molecule has 0 aromatic carbocycles. The van der Waals surface area contributed by atoms with Gasteiger partial charge in [-0.05, 0) is 54.6 Å². The van der Waals surface area contributed by atoms with Gasteiger partial charge in [-0.1, -0.05) is 0 Å². The Morgan fingerprint density at radius 2 is 2.21 bits per heavy atom. The lowest BCUT2D eigenvalue weighted by Gasteiger charge is -2.33. The molecule has 24 heavy (non-hydrogen) atoms. The standard InChI is InChI=1S/C18H16N2O3S/c1-11-12-7-10-24-16(12)6-8-20(11)18(22)13-4-5-14(19-17(13)21)15-3-2-9-23-15/h2-5,7,9-11H,6,8H2,1H3,(H,19,21). The number of aromatic nitrogens is 1. The zero-order chi connectivity index (χ0) is 16.7. The number of aromatic amines is 1. The van der Waals surface area contributed by atoms with Crippen molar-refractivity contribution in [3.05, 3.63) is 68.3 Å². The van der Waals surface area contributed by atoms with Crippen LogP contribution < -0.4 is 5.56 Å². The molecule has 1 atom stereocenters. The summed E-state index contributed by atoms with van der Waals surface area (Å²) >= 11 is 1.73. The third kappa shape index (κ3) is 2.39. The summed E-state index contributed by atoms with van der Waals surface area (Å²) in [7, 11) is 0. The number of thiophene rings is 1. The van der Waals surface area contributed by atoms with E-state index in [0.29, 0.717) is 18.0 Å². The van der Waals surface area contributed by atoms with Gasteiger partial charge < -0.3 is 14.3 Å². The minimum Gasteiger partial charge on any atom is -0.463 e. The minimum atomic E-state index is -0.391. The van der Waals surface area contributed by atoms with E-state index in [1.165, 1.54) is 10.4 Å². The quantitative estimate of drug-likeness (QED) is 0.777. The highest BCUT2D eigenvalue weighted by Crippen LogP contribution is 2.33. The minimum absolute atomic E-state index is 0.0170. The van der Waals surface area contributed by atoms with Crippen molar-refractivity contribution in [3.63, 3.8) is 0 Å². The molecule has 3 aromatic rings. The van der Waals surface area contributed by atoms with Crippen LogP contribution in [0.15, 0.2) is 51.2 Å². The maximum atomic E-state index is 12.8. The summed E-state index contributed by atoms with van der Waals surface area (Å²) in [5, 5.41) is 2.06. The van der Waals surface area contributed by atoms with Crippen LogP contribution in [0.25, 0.3) is 11.5 Å². The molecule has 0 fully saturated rings. The van der Waals surface area contributed by atoms with Gasteiger partial charge in [0.2, 0.25) is 0 Å². The zero-order valence-corrected chi connectivity index (χ0v) is 13.9. The lowest BCUT2D eigenvalue weighted by atomic mass is 10.0. The Labute approximate surface area is 142 Å². The highest BCUT2D eigenvalue weighted by Gasteiger charge is 2.30. The number of hydrogen-bond donors (Lipinski definition) is 1. The largest absolute Gasteiger partial charge is 0.463 e. The molecule has 5 nitrogen and oxygen atoms in total. The van der Waals surface area contributed by atoms with Gasteiger partial charge in [0, 0.05) is 11.4 Å². The Morgan fingerprint density at radius 3 is 2.96 bits per heavy atom. The summed E-state index contributed by atoms with van der Waals surface area (Å²) in [5.41, 5.74) is 1.52. The highest BCUT2D eigenvalue weighted by molar-refractivity contribution is 7.10. The molecular weight excluding hydrogens is 324 g/mol. The topological polar surface area (TPSA) is 66.3 Å². The fraction of sp³-hybridized carbons (Fsp3) is 0.222. The number of rotatable bonds is 2. The van der Waals surface area contributed by atoms with E-state index in [9.17, 15) is 9.59 Å². The summed E-state index contributed by atoms with van der Waals surface area (Å²) in [6, 6.07) is 8.84. The molecule has 122 valence electrons. The van der Waals surface area contributed by atoms with E-state index in [4.69, 9.17) is 4.42 Å². The molecule has 1 aliphatic heterocycles. The predicted molar refractivity (Wildman–Crippen MR) is 92.2 cm³/mol. The van der Waals surface area contributed by atoms with E-state index >= 15 is 0 Å². The SMILES string of the molecule is CC1c2ccsc2CCN1C(=O)c1ccc(-c2ccco2)[nH]c1=O. The molecule has 0 spiro atoms. The molecule has 0 bridgehead atoms. The summed E-state index contributed by atoms with van der Waals surface area (Å²) < 4.78 is 5.27. The van der Waals surface area contributed by atoms with Crippen molar-refractivity contribution in [2.24, 2.45) is 0 Å². The maximum Gasteiger partial charge on any atom is 0.261 e. The van der Waals surface area contributed by atoms with Gasteiger partial charge in [0.15, 0.2) is 0 Å². The van der Waals surface area contributed by atoms with Gasteiger partial charge in [0.05, 0.1) is 18.0 Å². The third-order valence-electron chi connectivity index (χ3n) is 4.46. The number of hydrogen-bond acceptors (Lipinski definition) is 4. The van der Waals surface area contributed by atoms with E-state index in [2.05, 4.69) is 16.4 Å². The number of fused-ring (bicyclic) bond motifs is 1. The highest BCUT2D eigenvalue weighted by atomic mass is 32.1. The fourth-order valence-corrected chi connectivity index (χ4v) is 4.12. The molecule has 0 saturated heterocycles. The summed E-state index contributed by atoms with van der Waals surface area (Å²) in [4.78, 5) is 31.1. The number of carbonyl (C=O) groups is 1. The van der Waals surface area contributed by atoms with E-state index in [1.807, 2.05) is 6.92 Å². The molecule has 0 aliphatic carbocycles.